The number of halogens is 2. The summed E-state index contributed by atoms with van der Waals surface area (Å²) in [5, 5.41) is 3.29. The van der Waals surface area contributed by atoms with Crippen molar-refractivity contribution in [2.24, 2.45) is 0 Å². The highest BCUT2D eigenvalue weighted by Crippen LogP contribution is 2.29. The lowest BCUT2D eigenvalue weighted by Crippen LogP contribution is -2.14. The maximum atomic E-state index is 12.0. The monoisotopic (exact) mass is 385 g/mol. The molecule has 0 bridgehead atoms. The first-order valence-electron chi connectivity index (χ1n) is 6.11. The van der Waals surface area contributed by atoms with Crippen molar-refractivity contribution in [1.29, 1.82) is 0 Å². The van der Waals surface area contributed by atoms with Crippen molar-refractivity contribution < 1.29 is 9.53 Å². The van der Waals surface area contributed by atoms with Crippen LogP contribution >= 0.6 is 39.3 Å². The van der Waals surface area contributed by atoms with Gasteiger partial charge in [0.1, 0.15) is 5.75 Å². The van der Waals surface area contributed by atoms with Crippen LogP contribution < -0.4 is 10.1 Å². The Labute approximate surface area is 141 Å². The number of carbonyl (C=O) groups is 1. The highest BCUT2D eigenvalue weighted by Gasteiger charge is 2.09. The van der Waals surface area contributed by atoms with Gasteiger partial charge < -0.3 is 10.1 Å². The largest absolute Gasteiger partial charge is 0.496 e. The molecule has 0 atom stereocenters. The predicted molar refractivity (Wildman–Crippen MR) is 91.5 cm³/mol. The Balaban J connectivity index is 1.96. The first kappa shape index (κ1) is 16.2. The Kier molecular flexibility index (Phi) is 5.96. The van der Waals surface area contributed by atoms with Gasteiger partial charge in [0.2, 0.25) is 5.91 Å². The topological polar surface area (TPSA) is 38.3 Å². The van der Waals surface area contributed by atoms with Crippen LogP contribution in [0, 0.1) is 0 Å². The van der Waals surface area contributed by atoms with E-state index in [1.165, 1.54) is 11.8 Å². The second-order valence-electron chi connectivity index (χ2n) is 4.11. The number of methoxy groups -OCH3 is 1. The van der Waals surface area contributed by atoms with Gasteiger partial charge >= 0.3 is 0 Å². The molecular weight excluding hydrogens is 374 g/mol. The van der Waals surface area contributed by atoms with Gasteiger partial charge in [0.05, 0.1) is 23.6 Å². The first-order valence-corrected chi connectivity index (χ1v) is 8.26. The summed E-state index contributed by atoms with van der Waals surface area (Å²) in [4.78, 5) is 12.9. The van der Waals surface area contributed by atoms with Crippen LogP contribution in [0.4, 0.5) is 5.69 Å². The summed E-state index contributed by atoms with van der Waals surface area (Å²) in [6, 6.07) is 12.9. The minimum absolute atomic E-state index is 0.116. The fourth-order valence-corrected chi connectivity index (χ4v) is 3.21. The Hall–Kier alpha value is -1.17. The normalized spacial score (nSPS) is 10.2. The molecule has 0 radical (unpaired) electrons. The number of rotatable bonds is 5. The van der Waals surface area contributed by atoms with Crippen LogP contribution in [0.3, 0.4) is 0 Å². The number of thioether (sulfide) groups is 1. The molecule has 0 fully saturated rings. The maximum absolute atomic E-state index is 12.0. The molecule has 21 heavy (non-hydrogen) atoms. The van der Waals surface area contributed by atoms with Crippen molar-refractivity contribution in [1.82, 2.24) is 0 Å². The summed E-state index contributed by atoms with van der Waals surface area (Å²) in [5.74, 6) is 0.930. The Morgan fingerprint density at radius 3 is 2.81 bits per heavy atom. The van der Waals surface area contributed by atoms with Crippen LogP contribution in [-0.4, -0.2) is 18.8 Å². The molecule has 0 saturated carbocycles. The fraction of sp³-hybridized carbons (Fsp3) is 0.133. The average molecular weight is 387 g/mol. The Morgan fingerprint density at radius 2 is 2.10 bits per heavy atom. The lowest BCUT2D eigenvalue weighted by molar-refractivity contribution is -0.113. The summed E-state index contributed by atoms with van der Waals surface area (Å²) in [6.45, 7) is 0. The van der Waals surface area contributed by atoms with E-state index in [0.29, 0.717) is 10.7 Å². The zero-order valence-electron chi connectivity index (χ0n) is 11.2. The van der Waals surface area contributed by atoms with Gasteiger partial charge in [0, 0.05) is 9.37 Å². The number of benzene rings is 2. The zero-order chi connectivity index (χ0) is 15.2. The number of hydrogen-bond donors (Lipinski definition) is 1. The third-order valence-electron chi connectivity index (χ3n) is 2.63. The van der Waals surface area contributed by atoms with Crippen LogP contribution in [0.1, 0.15) is 0 Å². The minimum Gasteiger partial charge on any atom is -0.496 e. The van der Waals surface area contributed by atoms with Crippen molar-refractivity contribution in [3.63, 3.8) is 0 Å². The number of nitrogens with one attached hydrogen (secondary N) is 1. The van der Waals surface area contributed by atoms with Gasteiger partial charge in [-0.2, -0.15) is 0 Å². The molecule has 0 heterocycles. The van der Waals surface area contributed by atoms with E-state index in [-0.39, 0.29) is 11.7 Å². The van der Waals surface area contributed by atoms with Crippen LogP contribution in [-0.2, 0) is 4.79 Å². The smallest absolute Gasteiger partial charge is 0.234 e. The lowest BCUT2D eigenvalue weighted by Gasteiger charge is -2.09. The SMILES string of the molecule is COc1ccccc1SCC(=O)Nc1ccc(Br)cc1Cl. The summed E-state index contributed by atoms with van der Waals surface area (Å²) in [5.41, 5.74) is 0.602. The predicted octanol–water partition coefficient (Wildman–Crippen LogP) is 4.84. The summed E-state index contributed by atoms with van der Waals surface area (Å²) in [6.07, 6.45) is 0. The van der Waals surface area contributed by atoms with Crippen molar-refractivity contribution in [2.75, 3.05) is 18.2 Å². The molecule has 0 saturated heterocycles. The van der Waals surface area contributed by atoms with Crippen molar-refractivity contribution >= 4 is 50.9 Å². The number of amides is 1. The molecule has 0 aliphatic carbocycles. The first-order chi connectivity index (χ1) is 10.1. The van der Waals surface area contributed by atoms with Crippen molar-refractivity contribution in [2.45, 2.75) is 4.90 Å². The molecule has 0 spiro atoms. The number of ether oxygens (including phenoxy) is 1. The van der Waals surface area contributed by atoms with E-state index >= 15 is 0 Å². The molecule has 1 amide bonds. The molecule has 0 aliphatic rings. The molecule has 6 heteroatoms. The highest BCUT2D eigenvalue weighted by molar-refractivity contribution is 9.10. The minimum atomic E-state index is -0.116. The van der Waals surface area contributed by atoms with Crippen LogP contribution in [0.2, 0.25) is 5.02 Å². The van der Waals surface area contributed by atoms with Gasteiger partial charge in [-0.05, 0) is 30.3 Å². The second kappa shape index (κ2) is 7.73. The van der Waals surface area contributed by atoms with E-state index in [2.05, 4.69) is 21.2 Å². The van der Waals surface area contributed by atoms with Crippen molar-refractivity contribution in [3.8, 4) is 5.75 Å². The third kappa shape index (κ3) is 4.66. The summed E-state index contributed by atoms with van der Waals surface area (Å²) >= 11 is 10.8. The number of anilines is 1. The Morgan fingerprint density at radius 1 is 1.33 bits per heavy atom. The molecule has 0 aliphatic heterocycles. The van der Waals surface area contributed by atoms with Gasteiger partial charge in [-0.25, -0.2) is 0 Å². The fourth-order valence-electron chi connectivity index (χ4n) is 1.66. The quantitative estimate of drug-likeness (QED) is 0.747. The van der Waals surface area contributed by atoms with Gasteiger partial charge in [0.25, 0.3) is 0 Å². The molecule has 0 unspecified atom stereocenters. The molecule has 2 aromatic carbocycles. The molecule has 1 N–H and O–H groups in total. The zero-order valence-corrected chi connectivity index (χ0v) is 14.4. The van der Waals surface area contributed by atoms with E-state index in [1.54, 1.807) is 19.2 Å². The van der Waals surface area contributed by atoms with E-state index in [1.807, 2.05) is 30.3 Å². The summed E-state index contributed by atoms with van der Waals surface area (Å²) in [7, 11) is 1.61. The average Bonchev–Trinajstić information content (AvgIpc) is 2.48. The van der Waals surface area contributed by atoms with Gasteiger partial charge in [-0.3, -0.25) is 4.79 Å². The maximum Gasteiger partial charge on any atom is 0.234 e. The van der Waals surface area contributed by atoms with Gasteiger partial charge in [0.15, 0.2) is 0 Å². The molecule has 2 aromatic rings. The highest BCUT2D eigenvalue weighted by atomic mass is 79.9. The van der Waals surface area contributed by atoms with E-state index in [9.17, 15) is 4.79 Å². The van der Waals surface area contributed by atoms with Crippen molar-refractivity contribution in [3.05, 3.63) is 52.0 Å². The number of hydrogen-bond acceptors (Lipinski definition) is 3. The second-order valence-corrected chi connectivity index (χ2v) is 6.45. The van der Waals surface area contributed by atoms with E-state index in [4.69, 9.17) is 16.3 Å². The molecular formula is C15H13BrClNO2S. The third-order valence-corrected chi connectivity index (χ3v) is 4.49. The molecule has 110 valence electrons. The molecule has 3 nitrogen and oxygen atoms in total. The van der Waals surface area contributed by atoms with Gasteiger partial charge in [-0.1, -0.05) is 39.7 Å². The van der Waals surface area contributed by atoms with Gasteiger partial charge in [-0.15, -0.1) is 11.8 Å². The van der Waals surface area contributed by atoms with Crippen LogP contribution in [0.25, 0.3) is 0 Å². The number of para-hydroxylation sites is 1. The van der Waals surface area contributed by atoms with E-state index < -0.39 is 0 Å². The number of carbonyl (C=O) groups excluding carboxylic acids is 1. The van der Waals surface area contributed by atoms with Crippen LogP contribution in [0.5, 0.6) is 5.75 Å². The van der Waals surface area contributed by atoms with E-state index in [0.717, 1.165) is 15.1 Å². The Bertz CT molecular complexity index is 651. The standard InChI is InChI=1S/C15H13BrClNO2S/c1-20-13-4-2-3-5-14(13)21-9-15(19)18-12-7-6-10(16)8-11(12)17/h2-8H,9H2,1H3,(H,18,19). The summed E-state index contributed by atoms with van der Waals surface area (Å²) < 4.78 is 6.12. The van der Waals surface area contributed by atoms with Crippen LogP contribution in [0.15, 0.2) is 51.8 Å². The molecule has 0 aromatic heterocycles. The lowest BCUT2D eigenvalue weighted by atomic mass is 10.3. The molecule has 2 rings (SSSR count).